The number of carbonyl (C=O) groups is 1. The SMILES string of the molecule is CC(C)(C)c1cc(C(=O)c2c[nH]cc2SC#N)cc(C(C)(C)C)c1O. The summed E-state index contributed by atoms with van der Waals surface area (Å²) in [6.07, 6.45) is 3.26. The first kappa shape index (κ1) is 19.1. The van der Waals surface area contributed by atoms with E-state index < -0.39 is 0 Å². The van der Waals surface area contributed by atoms with Crippen molar-refractivity contribution in [2.24, 2.45) is 0 Å². The number of aromatic nitrogens is 1. The lowest BCUT2D eigenvalue weighted by molar-refractivity contribution is 0.103. The molecule has 2 aromatic rings. The smallest absolute Gasteiger partial charge is 0.195 e. The van der Waals surface area contributed by atoms with Crippen LogP contribution in [0.5, 0.6) is 5.75 Å². The first-order valence-corrected chi connectivity index (χ1v) is 8.94. The molecule has 0 unspecified atom stereocenters. The maximum Gasteiger partial charge on any atom is 0.195 e. The van der Waals surface area contributed by atoms with Crippen LogP contribution in [0.1, 0.15) is 68.6 Å². The maximum atomic E-state index is 13.0. The average molecular weight is 356 g/mol. The van der Waals surface area contributed by atoms with Gasteiger partial charge in [-0.3, -0.25) is 4.79 Å². The fourth-order valence-corrected chi connectivity index (χ4v) is 3.21. The standard InChI is InChI=1S/C20H24N2O2S/c1-19(2,3)14-7-12(8-15(18(14)24)20(4,5)6)17(23)13-9-22-10-16(13)25-11-21/h7-10,22,24H,1-6H3. The fourth-order valence-electron chi connectivity index (χ4n) is 2.73. The highest BCUT2D eigenvalue weighted by Gasteiger charge is 2.28. The first-order valence-electron chi connectivity index (χ1n) is 8.12. The van der Waals surface area contributed by atoms with Gasteiger partial charge in [0.05, 0.1) is 10.5 Å². The summed E-state index contributed by atoms with van der Waals surface area (Å²) in [5.74, 6) is 0.0900. The molecule has 0 radical (unpaired) electrons. The number of aromatic amines is 1. The third-order valence-corrected chi connectivity index (χ3v) is 4.74. The van der Waals surface area contributed by atoms with E-state index in [1.54, 1.807) is 24.5 Å². The van der Waals surface area contributed by atoms with Crippen LogP contribution in [0.2, 0.25) is 0 Å². The second-order valence-electron chi connectivity index (χ2n) is 8.18. The number of ketones is 1. The number of rotatable bonds is 3. The summed E-state index contributed by atoms with van der Waals surface area (Å²) in [7, 11) is 0. The monoisotopic (exact) mass is 356 g/mol. The normalized spacial score (nSPS) is 12.0. The molecule has 132 valence electrons. The van der Waals surface area contributed by atoms with E-state index in [1.807, 2.05) is 46.9 Å². The van der Waals surface area contributed by atoms with Crippen LogP contribution in [0.15, 0.2) is 29.4 Å². The van der Waals surface area contributed by atoms with Gasteiger partial charge in [0.2, 0.25) is 0 Å². The van der Waals surface area contributed by atoms with Crippen LogP contribution in [0, 0.1) is 10.7 Å². The van der Waals surface area contributed by atoms with Gasteiger partial charge in [-0.2, -0.15) is 5.26 Å². The molecule has 0 saturated heterocycles. The zero-order valence-electron chi connectivity index (χ0n) is 15.5. The molecule has 4 nitrogen and oxygen atoms in total. The highest BCUT2D eigenvalue weighted by molar-refractivity contribution is 8.03. The number of thiocyanates is 1. The molecule has 0 saturated carbocycles. The molecule has 25 heavy (non-hydrogen) atoms. The number of aromatic hydroxyl groups is 1. The van der Waals surface area contributed by atoms with Crippen LogP contribution in [0.3, 0.4) is 0 Å². The number of nitriles is 1. The van der Waals surface area contributed by atoms with Crippen LogP contribution in [0.4, 0.5) is 0 Å². The third-order valence-electron chi connectivity index (χ3n) is 4.10. The molecular formula is C20H24N2O2S. The summed E-state index contributed by atoms with van der Waals surface area (Å²) in [4.78, 5) is 16.5. The van der Waals surface area contributed by atoms with E-state index >= 15 is 0 Å². The molecule has 1 aromatic carbocycles. The summed E-state index contributed by atoms with van der Waals surface area (Å²) in [6.45, 7) is 12.1. The number of hydrogen-bond acceptors (Lipinski definition) is 4. The zero-order valence-corrected chi connectivity index (χ0v) is 16.3. The number of thioether (sulfide) groups is 1. The lowest BCUT2D eigenvalue weighted by Crippen LogP contribution is -2.19. The zero-order chi connectivity index (χ0) is 19.0. The molecule has 0 aliphatic heterocycles. The molecule has 1 aromatic heterocycles. The second kappa shape index (κ2) is 6.61. The van der Waals surface area contributed by atoms with Crippen LogP contribution in [0.25, 0.3) is 0 Å². The van der Waals surface area contributed by atoms with Crippen molar-refractivity contribution in [1.29, 1.82) is 5.26 Å². The summed E-state index contributed by atoms with van der Waals surface area (Å²) in [5, 5.41) is 21.7. The van der Waals surface area contributed by atoms with Crippen LogP contribution < -0.4 is 0 Å². The summed E-state index contributed by atoms with van der Waals surface area (Å²) < 4.78 is 0. The molecule has 0 atom stereocenters. The van der Waals surface area contributed by atoms with Gasteiger partial charge in [0, 0.05) is 29.1 Å². The average Bonchev–Trinajstić information content (AvgIpc) is 2.93. The first-order chi connectivity index (χ1) is 11.5. The Morgan fingerprint density at radius 2 is 1.60 bits per heavy atom. The maximum absolute atomic E-state index is 13.0. The number of benzene rings is 1. The number of hydrogen-bond donors (Lipinski definition) is 2. The second-order valence-corrected chi connectivity index (χ2v) is 9.00. The highest BCUT2D eigenvalue weighted by Crippen LogP contribution is 2.40. The van der Waals surface area contributed by atoms with E-state index in [2.05, 4.69) is 4.98 Å². The molecule has 0 fully saturated rings. The van der Waals surface area contributed by atoms with Crippen LogP contribution >= 0.6 is 11.8 Å². The minimum atomic E-state index is -0.303. The molecular weight excluding hydrogens is 332 g/mol. The Morgan fingerprint density at radius 1 is 1.08 bits per heavy atom. The Morgan fingerprint density at radius 3 is 2.04 bits per heavy atom. The van der Waals surface area contributed by atoms with Gasteiger partial charge in [0.1, 0.15) is 11.2 Å². The van der Waals surface area contributed by atoms with Gasteiger partial charge in [-0.25, -0.2) is 0 Å². The molecule has 0 aliphatic rings. The van der Waals surface area contributed by atoms with Crippen molar-refractivity contribution in [2.75, 3.05) is 0 Å². The lowest BCUT2D eigenvalue weighted by atomic mass is 9.78. The lowest BCUT2D eigenvalue weighted by Gasteiger charge is -2.28. The Kier molecular flexibility index (Phi) is 5.06. The van der Waals surface area contributed by atoms with Crippen molar-refractivity contribution in [3.05, 3.63) is 46.8 Å². The minimum absolute atomic E-state index is 0.157. The van der Waals surface area contributed by atoms with Crippen LogP contribution in [-0.4, -0.2) is 15.9 Å². The molecule has 0 spiro atoms. The number of nitrogens with zero attached hydrogens (tertiary/aromatic N) is 1. The Bertz CT molecular complexity index is 811. The van der Waals surface area contributed by atoms with Gasteiger partial charge in [0.15, 0.2) is 5.78 Å². The van der Waals surface area contributed by atoms with Gasteiger partial charge < -0.3 is 10.1 Å². The van der Waals surface area contributed by atoms with E-state index in [1.165, 1.54) is 0 Å². The van der Waals surface area contributed by atoms with E-state index in [0.717, 1.165) is 22.9 Å². The molecule has 2 N–H and O–H groups in total. The number of carbonyl (C=O) groups excluding carboxylic acids is 1. The fraction of sp³-hybridized carbons (Fsp3) is 0.400. The molecule has 2 rings (SSSR count). The van der Waals surface area contributed by atoms with Crippen molar-refractivity contribution >= 4 is 17.5 Å². The number of H-pyrrole nitrogens is 1. The van der Waals surface area contributed by atoms with Crippen molar-refractivity contribution in [2.45, 2.75) is 57.3 Å². The topological polar surface area (TPSA) is 76.9 Å². The number of phenols is 1. The van der Waals surface area contributed by atoms with E-state index in [0.29, 0.717) is 16.0 Å². The van der Waals surface area contributed by atoms with Crippen molar-refractivity contribution in [1.82, 2.24) is 4.98 Å². The highest BCUT2D eigenvalue weighted by atomic mass is 32.2. The molecule has 1 heterocycles. The number of phenolic OH excluding ortho intramolecular Hbond substituents is 1. The predicted molar refractivity (Wildman–Crippen MR) is 101 cm³/mol. The number of nitrogens with one attached hydrogen (secondary N) is 1. The Balaban J connectivity index is 2.67. The van der Waals surface area contributed by atoms with Gasteiger partial charge in [-0.1, -0.05) is 41.5 Å². The van der Waals surface area contributed by atoms with Gasteiger partial charge in [0.25, 0.3) is 0 Å². The Labute approximate surface area is 153 Å². The van der Waals surface area contributed by atoms with Gasteiger partial charge >= 0.3 is 0 Å². The van der Waals surface area contributed by atoms with Crippen LogP contribution in [-0.2, 0) is 10.8 Å². The predicted octanol–water partition coefficient (Wildman–Crippen LogP) is 5.12. The van der Waals surface area contributed by atoms with Crippen molar-refractivity contribution in [3.8, 4) is 11.2 Å². The van der Waals surface area contributed by atoms with E-state index in [4.69, 9.17) is 5.26 Å². The summed E-state index contributed by atoms with van der Waals surface area (Å²) in [6, 6.07) is 3.53. The minimum Gasteiger partial charge on any atom is -0.507 e. The molecule has 0 aliphatic carbocycles. The Hall–Kier alpha value is -2.19. The largest absolute Gasteiger partial charge is 0.507 e. The van der Waals surface area contributed by atoms with E-state index in [9.17, 15) is 9.90 Å². The van der Waals surface area contributed by atoms with Gasteiger partial charge in [-0.05, 0) is 34.7 Å². The third kappa shape index (κ3) is 3.91. The van der Waals surface area contributed by atoms with E-state index in [-0.39, 0.29) is 22.4 Å². The van der Waals surface area contributed by atoms with Crippen molar-refractivity contribution < 1.29 is 9.90 Å². The molecule has 0 amide bonds. The quantitative estimate of drug-likeness (QED) is 0.454. The summed E-state index contributed by atoms with van der Waals surface area (Å²) >= 11 is 0.958. The van der Waals surface area contributed by atoms with Crippen molar-refractivity contribution in [3.63, 3.8) is 0 Å². The molecule has 0 bridgehead atoms. The summed E-state index contributed by atoms with van der Waals surface area (Å²) in [5.41, 5.74) is 1.87. The van der Waals surface area contributed by atoms with Gasteiger partial charge in [-0.15, -0.1) is 0 Å². The molecule has 5 heteroatoms.